The molecule has 0 saturated carbocycles. The van der Waals surface area contributed by atoms with Gasteiger partial charge in [-0.3, -0.25) is 0 Å². The molecule has 0 aliphatic carbocycles. The zero-order valence-electron chi connectivity index (χ0n) is 13.2. The Morgan fingerprint density at radius 2 is 2.22 bits per heavy atom. The van der Waals surface area contributed by atoms with Gasteiger partial charge in [0.2, 0.25) is 5.89 Å². The van der Waals surface area contributed by atoms with Gasteiger partial charge in [-0.15, -0.1) is 11.3 Å². The summed E-state index contributed by atoms with van der Waals surface area (Å²) in [5.74, 6) is 1.06. The van der Waals surface area contributed by atoms with Crippen molar-refractivity contribution in [1.82, 2.24) is 20.0 Å². The molecular weight excluding hydrogens is 314 g/mol. The molecule has 0 spiro atoms. The van der Waals surface area contributed by atoms with Crippen LogP contribution in [0, 0.1) is 6.92 Å². The molecule has 2 heterocycles. The minimum Gasteiger partial charge on any atom is -0.337 e. The first-order valence-electron chi connectivity index (χ1n) is 7.26. The number of carbonyl (C=O) groups excluding carboxylic acids is 1. The van der Waals surface area contributed by atoms with E-state index in [1.54, 1.807) is 18.4 Å². The molecule has 3 rings (SSSR count). The molecule has 0 aliphatic rings. The maximum absolute atomic E-state index is 12.2. The summed E-state index contributed by atoms with van der Waals surface area (Å²) in [5.41, 5.74) is 1.68. The second-order valence-corrected chi connectivity index (χ2v) is 6.39. The van der Waals surface area contributed by atoms with E-state index < -0.39 is 0 Å². The van der Waals surface area contributed by atoms with Crippen LogP contribution in [0.25, 0.3) is 10.2 Å². The fourth-order valence-electron chi connectivity index (χ4n) is 2.11. The minimum absolute atomic E-state index is 0.234. The van der Waals surface area contributed by atoms with Crippen molar-refractivity contribution in [2.24, 2.45) is 0 Å². The van der Waals surface area contributed by atoms with E-state index in [9.17, 15) is 4.79 Å². The Morgan fingerprint density at radius 3 is 2.96 bits per heavy atom. The average molecular weight is 331 g/mol. The third-order valence-electron chi connectivity index (χ3n) is 3.29. The lowest BCUT2D eigenvalue weighted by Gasteiger charge is -2.15. The van der Waals surface area contributed by atoms with Crippen LogP contribution in [0.2, 0.25) is 0 Å². The van der Waals surface area contributed by atoms with Crippen LogP contribution in [0.5, 0.6) is 0 Å². The van der Waals surface area contributed by atoms with Gasteiger partial charge in [-0.1, -0.05) is 12.1 Å². The molecule has 1 aromatic carbocycles. The number of benzene rings is 1. The van der Waals surface area contributed by atoms with E-state index in [1.807, 2.05) is 32.0 Å². The summed E-state index contributed by atoms with van der Waals surface area (Å²) in [5, 5.41) is 7.68. The number of amides is 2. The summed E-state index contributed by atoms with van der Waals surface area (Å²) in [6.45, 7) is 4.18. The second kappa shape index (κ2) is 6.33. The Kier molecular flexibility index (Phi) is 4.24. The van der Waals surface area contributed by atoms with E-state index in [0.29, 0.717) is 18.1 Å². The van der Waals surface area contributed by atoms with Crippen molar-refractivity contribution in [2.45, 2.75) is 26.8 Å². The number of nitrogens with one attached hydrogen (secondary N) is 1. The van der Waals surface area contributed by atoms with Gasteiger partial charge in [-0.05, 0) is 25.1 Å². The number of rotatable bonds is 4. The molecule has 3 aromatic rings. The lowest BCUT2D eigenvalue weighted by Crippen LogP contribution is -2.30. The van der Waals surface area contributed by atoms with Crippen molar-refractivity contribution in [2.75, 3.05) is 12.4 Å². The molecule has 0 aliphatic heterocycles. The van der Waals surface area contributed by atoms with Crippen LogP contribution in [-0.4, -0.2) is 33.1 Å². The molecule has 1 N–H and O–H groups in total. The number of urea groups is 1. The SMILES string of the molecule is CCc1noc(CN(C)C(=O)Nc2ccc3nc(C)sc3c2)n1. The average Bonchev–Trinajstić information content (AvgIpc) is 3.11. The van der Waals surface area contributed by atoms with Crippen molar-refractivity contribution in [3.8, 4) is 0 Å². The smallest absolute Gasteiger partial charge is 0.322 e. The summed E-state index contributed by atoms with van der Waals surface area (Å²) in [6, 6.07) is 5.43. The van der Waals surface area contributed by atoms with Crippen LogP contribution >= 0.6 is 11.3 Å². The second-order valence-electron chi connectivity index (χ2n) is 5.16. The highest BCUT2D eigenvalue weighted by Crippen LogP contribution is 2.24. The zero-order valence-corrected chi connectivity index (χ0v) is 14.0. The molecule has 23 heavy (non-hydrogen) atoms. The van der Waals surface area contributed by atoms with Gasteiger partial charge < -0.3 is 14.7 Å². The monoisotopic (exact) mass is 331 g/mol. The first kappa shape index (κ1) is 15.4. The molecule has 0 atom stereocenters. The van der Waals surface area contributed by atoms with Gasteiger partial charge in [0.05, 0.1) is 15.2 Å². The molecule has 0 bridgehead atoms. The van der Waals surface area contributed by atoms with Crippen LogP contribution in [0.3, 0.4) is 0 Å². The van der Waals surface area contributed by atoms with Gasteiger partial charge in [0, 0.05) is 19.2 Å². The van der Waals surface area contributed by atoms with E-state index in [1.165, 1.54) is 4.90 Å². The molecule has 0 fully saturated rings. The van der Waals surface area contributed by atoms with Crippen LogP contribution in [-0.2, 0) is 13.0 Å². The molecule has 120 valence electrons. The predicted molar refractivity (Wildman–Crippen MR) is 88.5 cm³/mol. The van der Waals surface area contributed by atoms with E-state index in [0.717, 1.165) is 20.9 Å². The van der Waals surface area contributed by atoms with Gasteiger partial charge in [-0.2, -0.15) is 4.98 Å². The maximum Gasteiger partial charge on any atom is 0.322 e. The van der Waals surface area contributed by atoms with E-state index >= 15 is 0 Å². The first-order chi connectivity index (χ1) is 11.0. The number of carbonyl (C=O) groups is 1. The quantitative estimate of drug-likeness (QED) is 0.793. The van der Waals surface area contributed by atoms with Crippen LogP contribution in [0.1, 0.15) is 23.6 Å². The number of fused-ring (bicyclic) bond motifs is 1. The van der Waals surface area contributed by atoms with Gasteiger partial charge in [0.25, 0.3) is 0 Å². The van der Waals surface area contributed by atoms with Gasteiger partial charge >= 0.3 is 6.03 Å². The van der Waals surface area contributed by atoms with Crippen LogP contribution < -0.4 is 5.32 Å². The Bertz CT molecular complexity index is 841. The zero-order chi connectivity index (χ0) is 16.4. The number of nitrogens with zero attached hydrogens (tertiary/aromatic N) is 4. The van der Waals surface area contributed by atoms with E-state index in [2.05, 4.69) is 20.4 Å². The van der Waals surface area contributed by atoms with Gasteiger partial charge in [0.1, 0.15) is 6.54 Å². The lowest BCUT2D eigenvalue weighted by atomic mass is 10.3. The molecule has 0 saturated heterocycles. The number of thiazole rings is 1. The van der Waals surface area contributed by atoms with Crippen molar-refractivity contribution in [3.63, 3.8) is 0 Å². The third kappa shape index (κ3) is 3.48. The Hall–Kier alpha value is -2.48. The Labute approximate surface area is 137 Å². The number of aromatic nitrogens is 3. The molecular formula is C15H17N5O2S. The molecule has 7 nitrogen and oxygen atoms in total. The van der Waals surface area contributed by atoms with Crippen LogP contribution in [0.4, 0.5) is 10.5 Å². The van der Waals surface area contributed by atoms with Crippen molar-refractivity contribution in [1.29, 1.82) is 0 Å². The number of hydrogen-bond donors (Lipinski definition) is 1. The fraction of sp³-hybridized carbons (Fsp3) is 0.333. The highest BCUT2D eigenvalue weighted by molar-refractivity contribution is 7.18. The number of hydrogen-bond acceptors (Lipinski definition) is 6. The highest BCUT2D eigenvalue weighted by Gasteiger charge is 2.14. The minimum atomic E-state index is -0.234. The lowest BCUT2D eigenvalue weighted by molar-refractivity contribution is 0.213. The summed E-state index contributed by atoms with van der Waals surface area (Å²) >= 11 is 1.60. The van der Waals surface area contributed by atoms with Gasteiger partial charge in [-0.25, -0.2) is 9.78 Å². The Morgan fingerprint density at radius 1 is 1.39 bits per heavy atom. The third-order valence-corrected chi connectivity index (χ3v) is 4.23. The van der Waals surface area contributed by atoms with E-state index in [4.69, 9.17) is 4.52 Å². The van der Waals surface area contributed by atoms with Crippen molar-refractivity contribution >= 4 is 33.3 Å². The topological polar surface area (TPSA) is 84.2 Å². The molecule has 2 amide bonds. The number of anilines is 1. The predicted octanol–water partition coefficient (Wildman–Crippen LogP) is 3.21. The molecule has 0 unspecified atom stereocenters. The molecule has 0 radical (unpaired) electrons. The maximum atomic E-state index is 12.2. The summed E-state index contributed by atoms with van der Waals surface area (Å²) < 4.78 is 6.15. The highest BCUT2D eigenvalue weighted by atomic mass is 32.1. The Balaban J connectivity index is 1.66. The van der Waals surface area contributed by atoms with Gasteiger partial charge in [0.15, 0.2) is 5.82 Å². The summed E-state index contributed by atoms with van der Waals surface area (Å²) in [7, 11) is 1.68. The normalized spacial score (nSPS) is 10.9. The van der Waals surface area contributed by atoms with Crippen molar-refractivity contribution < 1.29 is 9.32 Å². The first-order valence-corrected chi connectivity index (χ1v) is 8.07. The van der Waals surface area contributed by atoms with Crippen LogP contribution in [0.15, 0.2) is 22.7 Å². The standard InChI is InChI=1S/C15H17N5O2S/c1-4-13-18-14(22-19-13)8-20(3)15(21)17-10-5-6-11-12(7-10)23-9(2)16-11/h5-7H,4,8H2,1-3H3,(H,17,21). The number of aryl methyl sites for hydroxylation is 2. The summed E-state index contributed by atoms with van der Waals surface area (Å²) in [4.78, 5) is 22.3. The fourth-order valence-corrected chi connectivity index (χ4v) is 2.98. The van der Waals surface area contributed by atoms with E-state index in [-0.39, 0.29) is 12.6 Å². The molecule has 8 heteroatoms. The van der Waals surface area contributed by atoms with Crippen molar-refractivity contribution in [3.05, 3.63) is 34.9 Å². The summed E-state index contributed by atoms with van der Waals surface area (Å²) in [6.07, 6.45) is 0.702. The molecule has 2 aromatic heterocycles. The largest absolute Gasteiger partial charge is 0.337 e.